The van der Waals surface area contributed by atoms with Crippen molar-refractivity contribution >= 4 is 33.2 Å². The Morgan fingerprint density at radius 2 is 1.96 bits per heavy atom. The molecule has 3 heterocycles. The van der Waals surface area contributed by atoms with Gasteiger partial charge in [0.05, 0.1) is 44.0 Å². The van der Waals surface area contributed by atoms with Crippen molar-refractivity contribution in [3.05, 3.63) is 70.3 Å². The van der Waals surface area contributed by atoms with E-state index in [9.17, 15) is 13.2 Å². The lowest BCUT2D eigenvalue weighted by molar-refractivity contribution is -0.0314. The summed E-state index contributed by atoms with van der Waals surface area (Å²) in [6, 6.07) is 11.6. The van der Waals surface area contributed by atoms with Gasteiger partial charge in [-0.2, -0.15) is 0 Å². The van der Waals surface area contributed by atoms with Gasteiger partial charge in [0.15, 0.2) is 0 Å². The van der Waals surface area contributed by atoms with E-state index >= 15 is 0 Å². The predicted molar refractivity (Wildman–Crippen MR) is 183 cm³/mol. The molecule has 9 nitrogen and oxygen atoms in total. The van der Waals surface area contributed by atoms with Gasteiger partial charge in [0.2, 0.25) is 10.0 Å². The molecule has 1 saturated carbocycles. The number of halogens is 1. The Hall–Kier alpha value is -2.63. The van der Waals surface area contributed by atoms with E-state index in [0.29, 0.717) is 43.5 Å². The maximum Gasteiger partial charge on any atom is 0.264 e. The van der Waals surface area contributed by atoms with Crippen LogP contribution < -0.4 is 14.4 Å². The van der Waals surface area contributed by atoms with Crippen molar-refractivity contribution in [1.29, 1.82) is 0 Å². The predicted octanol–water partition coefficient (Wildman–Crippen LogP) is 4.97. The van der Waals surface area contributed by atoms with E-state index in [2.05, 4.69) is 38.8 Å². The molecule has 2 aromatic rings. The molecule has 2 fully saturated rings. The Labute approximate surface area is 283 Å². The van der Waals surface area contributed by atoms with Crippen molar-refractivity contribution in [3.8, 4) is 5.75 Å². The van der Waals surface area contributed by atoms with Crippen LogP contribution in [0.3, 0.4) is 0 Å². The quantitative estimate of drug-likeness (QED) is 0.452. The van der Waals surface area contributed by atoms with Crippen molar-refractivity contribution in [2.45, 2.75) is 56.5 Å². The summed E-state index contributed by atoms with van der Waals surface area (Å²) in [6.45, 7) is 6.95. The van der Waals surface area contributed by atoms with Gasteiger partial charge in [-0.05, 0) is 98.2 Å². The topological polar surface area (TPSA) is 97.4 Å². The summed E-state index contributed by atoms with van der Waals surface area (Å²) in [5.74, 6) is 0.735. The fraction of sp³-hybridized carbons (Fsp3) is 0.583. The van der Waals surface area contributed by atoms with Crippen LogP contribution in [0.15, 0.2) is 48.6 Å². The first-order chi connectivity index (χ1) is 22.8. The van der Waals surface area contributed by atoms with Gasteiger partial charge in [0.1, 0.15) is 5.75 Å². The second-order valence-corrected chi connectivity index (χ2v) is 16.2. The lowest BCUT2D eigenvalue weighted by Gasteiger charge is -2.46. The first-order valence-corrected chi connectivity index (χ1v) is 19.3. The van der Waals surface area contributed by atoms with Gasteiger partial charge in [-0.1, -0.05) is 29.8 Å². The van der Waals surface area contributed by atoms with E-state index in [4.69, 9.17) is 25.8 Å². The highest BCUT2D eigenvalue weighted by Gasteiger charge is 2.44. The first-order valence-electron chi connectivity index (χ1n) is 17.2. The largest absolute Gasteiger partial charge is 0.490 e. The number of rotatable bonds is 4. The van der Waals surface area contributed by atoms with Crippen LogP contribution in [-0.4, -0.2) is 90.2 Å². The normalized spacial score (nSPS) is 30.2. The number of hydrogen-bond donors (Lipinski definition) is 1. The highest BCUT2D eigenvalue weighted by molar-refractivity contribution is 7.90. The zero-order valence-electron chi connectivity index (χ0n) is 27.0. The van der Waals surface area contributed by atoms with Gasteiger partial charge in [-0.25, -0.2) is 13.1 Å². The number of amides is 1. The molecule has 254 valence electrons. The summed E-state index contributed by atoms with van der Waals surface area (Å²) >= 11 is 6.44. The van der Waals surface area contributed by atoms with Crippen molar-refractivity contribution in [1.82, 2.24) is 9.62 Å². The van der Waals surface area contributed by atoms with E-state index in [0.717, 1.165) is 94.5 Å². The number of anilines is 1. The molecule has 4 atom stereocenters. The van der Waals surface area contributed by atoms with E-state index < -0.39 is 15.9 Å². The third-order valence-corrected chi connectivity index (χ3v) is 12.4. The van der Waals surface area contributed by atoms with E-state index in [-0.39, 0.29) is 17.3 Å². The molecule has 0 unspecified atom stereocenters. The van der Waals surface area contributed by atoms with Gasteiger partial charge in [-0.3, -0.25) is 9.69 Å². The standard InChI is InChI=1S/C36H46ClN3O6S/c37-29-9-11-31-26(21-29)5-4-13-36(31)24-40-23-28-7-10-30(28)33(45-19-16-39-14-17-44-18-15-39)6-2-1-3-20-47(42,43)38-35(41)27-8-12-34(46-25-36)32(40)22-27/h2,6,8-9,11-12,21-22,28,30,33H,1,3-5,7,10,13-20,23-25H2,(H,38,41)/b6-2-/t28-,30+,33+,36-/m0/s1. The SMILES string of the molecule is O=C1NS(=O)(=O)CCC/C=C\[C@@H](OCCN2CCOCC2)[C@@H]2CC[C@H]2CN2C[C@@]3(CCCc4cc(Cl)ccc43)COc3ccc1cc32. The second kappa shape index (κ2) is 14.1. The highest BCUT2D eigenvalue weighted by atomic mass is 35.5. The summed E-state index contributed by atoms with van der Waals surface area (Å²) in [4.78, 5) is 18.1. The lowest BCUT2D eigenvalue weighted by atomic mass is 9.68. The van der Waals surface area contributed by atoms with E-state index in [1.165, 1.54) is 11.1 Å². The maximum atomic E-state index is 13.3. The number of benzene rings is 2. The molecule has 1 N–H and O–H groups in total. The summed E-state index contributed by atoms with van der Waals surface area (Å²) in [7, 11) is -3.79. The third kappa shape index (κ3) is 7.37. The van der Waals surface area contributed by atoms with Gasteiger partial charge >= 0.3 is 0 Å². The van der Waals surface area contributed by atoms with Gasteiger partial charge < -0.3 is 19.1 Å². The summed E-state index contributed by atoms with van der Waals surface area (Å²) in [5, 5.41) is 0.749. The Morgan fingerprint density at radius 3 is 2.79 bits per heavy atom. The third-order valence-electron chi connectivity index (χ3n) is 10.8. The van der Waals surface area contributed by atoms with Crippen LogP contribution in [0.4, 0.5) is 5.69 Å². The van der Waals surface area contributed by atoms with Crippen molar-refractivity contribution in [2.75, 3.05) is 69.8 Å². The van der Waals surface area contributed by atoms with Crippen LogP contribution in [-0.2, 0) is 31.3 Å². The second-order valence-electron chi connectivity index (χ2n) is 13.9. The molecular formula is C36H46ClN3O6S. The van der Waals surface area contributed by atoms with Crippen LogP contribution in [0.1, 0.15) is 60.0 Å². The minimum atomic E-state index is -3.79. The number of fused-ring (bicyclic) bond motifs is 4. The fourth-order valence-corrected chi connectivity index (χ4v) is 9.37. The van der Waals surface area contributed by atoms with Gasteiger partial charge in [0, 0.05) is 48.7 Å². The molecular weight excluding hydrogens is 638 g/mol. The number of aryl methyl sites for hydroxylation is 1. The average Bonchev–Trinajstić information content (AvgIpc) is 3.19. The minimum Gasteiger partial charge on any atom is -0.490 e. The van der Waals surface area contributed by atoms with Gasteiger partial charge in [0.25, 0.3) is 5.91 Å². The van der Waals surface area contributed by atoms with Crippen molar-refractivity contribution in [3.63, 3.8) is 0 Å². The maximum absolute atomic E-state index is 13.3. The first kappa shape index (κ1) is 32.9. The van der Waals surface area contributed by atoms with Crippen LogP contribution >= 0.6 is 11.6 Å². The van der Waals surface area contributed by atoms with Crippen molar-refractivity contribution in [2.24, 2.45) is 11.8 Å². The Kier molecular flexibility index (Phi) is 9.85. The monoisotopic (exact) mass is 683 g/mol. The van der Waals surface area contributed by atoms with E-state index in [1.807, 2.05) is 18.2 Å². The number of nitrogens with one attached hydrogen (secondary N) is 1. The molecule has 0 radical (unpaired) electrons. The fourth-order valence-electron chi connectivity index (χ4n) is 8.13. The molecule has 2 bridgehead atoms. The molecule has 11 heteroatoms. The molecule has 0 aromatic heterocycles. The number of sulfonamides is 1. The van der Waals surface area contributed by atoms with E-state index in [1.54, 1.807) is 6.07 Å². The molecule has 1 amide bonds. The zero-order valence-corrected chi connectivity index (χ0v) is 28.6. The Morgan fingerprint density at radius 1 is 1.09 bits per heavy atom. The highest BCUT2D eigenvalue weighted by Crippen LogP contribution is 2.47. The molecule has 5 aliphatic rings. The molecule has 3 aliphatic heterocycles. The Balaban J connectivity index is 1.21. The molecule has 47 heavy (non-hydrogen) atoms. The van der Waals surface area contributed by atoms with Crippen LogP contribution in [0.5, 0.6) is 5.75 Å². The van der Waals surface area contributed by atoms with Gasteiger partial charge in [-0.15, -0.1) is 0 Å². The number of carbonyl (C=O) groups excluding carboxylic acids is 1. The average molecular weight is 684 g/mol. The summed E-state index contributed by atoms with van der Waals surface area (Å²) in [5.41, 5.74) is 3.48. The lowest BCUT2D eigenvalue weighted by Crippen LogP contribution is -2.50. The molecule has 7 rings (SSSR count). The molecule has 1 saturated heterocycles. The number of nitrogens with zero attached hydrogens (tertiary/aromatic N) is 2. The summed E-state index contributed by atoms with van der Waals surface area (Å²) < 4.78 is 46.8. The number of carbonyl (C=O) groups is 1. The van der Waals surface area contributed by atoms with Crippen LogP contribution in [0, 0.1) is 11.8 Å². The molecule has 2 aromatic carbocycles. The number of ether oxygens (including phenoxy) is 3. The number of morpholine rings is 1. The Bertz CT molecular complexity index is 1590. The molecule has 1 spiro atoms. The summed E-state index contributed by atoms with van der Waals surface area (Å²) in [6.07, 6.45) is 10.4. The minimum absolute atomic E-state index is 0.0421. The zero-order chi connectivity index (χ0) is 32.4. The van der Waals surface area contributed by atoms with Crippen molar-refractivity contribution < 1.29 is 27.4 Å². The molecule has 2 aliphatic carbocycles. The van der Waals surface area contributed by atoms with Crippen LogP contribution in [0.2, 0.25) is 5.02 Å². The van der Waals surface area contributed by atoms with Crippen LogP contribution in [0.25, 0.3) is 0 Å². The number of allylic oxidation sites excluding steroid dienone is 1. The number of hydrogen-bond acceptors (Lipinski definition) is 8. The smallest absolute Gasteiger partial charge is 0.264 e.